The number of carbonyl (C=O) groups is 1. The summed E-state index contributed by atoms with van der Waals surface area (Å²) in [4.78, 5) is 11.8. The fourth-order valence-corrected chi connectivity index (χ4v) is 2.07. The summed E-state index contributed by atoms with van der Waals surface area (Å²) in [6, 6.07) is 10.7. The van der Waals surface area contributed by atoms with Gasteiger partial charge in [0.2, 0.25) is 5.91 Å². The fourth-order valence-electron chi connectivity index (χ4n) is 1.85. The summed E-state index contributed by atoms with van der Waals surface area (Å²) in [7, 11) is 0. The third-order valence-electron chi connectivity index (χ3n) is 3.04. The topological polar surface area (TPSA) is 64.9 Å². The number of anilines is 2. The van der Waals surface area contributed by atoms with Crippen LogP contribution < -0.4 is 10.6 Å². The molecule has 0 atom stereocenters. The molecule has 1 amide bonds. The Morgan fingerprint density at radius 1 is 1.12 bits per heavy atom. The van der Waals surface area contributed by atoms with Crippen molar-refractivity contribution in [1.29, 1.82) is 5.26 Å². The molecular weight excluding hydrogens is 343 g/mol. The predicted octanol–water partition coefficient (Wildman–Crippen LogP) is 4.28. The quantitative estimate of drug-likeness (QED) is 0.862. The van der Waals surface area contributed by atoms with Crippen LogP contribution in [0, 0.1) is 11.3 Å². The molecule has 0 spiro atoms. The molecule has 0 bridgehead atoms. The number of alkyl halides is 3. The number of hydrogen-bond acceptors (Lipinski definition) is 3. The van der Waals surface area contributed by atoms with Gasteiger partial charge in [0.25, 0.3) is 0 Å². The van der Waals surface area contributed by atoms with E-state index in [-0.39, 0.29) is 17.1 Å². The van der Waals surface area contributed by atoms with E-state index >= 15 is 0 Å². The van der Waals surface area contributed by atoms with Crippen molar-refractivity contribution >= 4 is 28.9 Å². The minimum atomic E-state index is -4.40. The van der Waals surface area contributed by atoms with Crippen molar-refractivity contribution < 1.29 is 18.0 Å². The predicted molar refractivity (Wildman–Crippen MR) is 84.7 cm³/mol. The average Bonchev–Trinajstić information content (AvgIpc) is 2.53. The van der Waals surface area contributed by atoms with Crippen LogP contribution in [0.25, 0.3) is 0 Å². The highest BCUT2D eigenvalue weighted by Crippen LogP contribution is 2.29. The molecular formula is C16H11ClF3N3O. The zero-order valence-electron chi connectivity index (χ0n) is 12.1. The van der Waals surface area contributed by atoms with Gasteiger partial charge in [0.1, 0.15) is 6.07 Å². The highest BCUT2D eigenvalue weighted by Gasteiger charge is 2.29. The van der Waals surface area contributed by atoms with E-state index < -0.39 is 17.6 Å². The van der Waals surface area contributed by atoms with Gasteiger partial charge < -0.3 is 10.6 Å². The second kappa shape index (κ2) is 7.23. The zero-order valence-corrected chi connectivity index (χ0v) is 12.9. The van der Waals surface area contributed by atoms with Gasteiger partial charge in [-0.1, -0.05) is 11.6 Å². The van der Waals surface area contributed by atoms with Gasteiger partial charge in [0.15, 0.2) is 0 Å². The van der Waals surface area contributed by atoms with Crippen molar-refractivity contribution in [2.24, 2.45) is 0 Å². The van der Waals surface area contributed by atoms with Gasteiger partial charge in [-0.25, -0.2) is 0 Å². The van der Waals surface area contributed by atoms with Gasteiger partial charge >= 0.3 is 6.18 Å². The number of amides is 1. The van der Waals surface area contributed by atoms with Crippen LogP contribution in [0.5, 0.6) is 0 Å². The Bertz CT molecular complexity index is 783. The molecule has 0 aliphatic rings. The molecule has 0 aromatic heterocycles. The lowest BCUT2D eigenvalue weighted by atomic mass is 10.2. The lowest BCUT2D eigenvalue weighted by Crippen LogP contribution is -2.21. The smallest absolute Gasteiger partial charge is 0.376 e. The van der Waals surface area contributed by atoms with Crippen LogP contribution in [-0.2, 0) is 11.0 Å². The molecule has 8 heteroatoms. The van der Waals surface area contributed by atoms with Crippen LogP contribution in [0.15, 0.2) is 42.5 Å². The maximum absolute atomic E-state index is 12.4. The van der Waals surface area contributed by atoms with Gasteiger partial charge in [-0.05, 0) is 42.5 Å². The molecule has 0 unspecified atom stereocenters. The zero-order chi connectivity index (χ0) is 17.7. The van der Waals surface area contributed by atoms with Crippen LogP contribution in [-0.4, -0.2) is 12.5 Å². The summed E-state index contributed by atoms with van der Waals surface area (Å²) in [5.74, 6) is -0.407. The SMILES string of the molecule is N#Cc1ccc(NC(=O)CNc2ccc(C(F)(F)F)cc2)cc1Cl. The van der Waals surface area contributed by atoms with Crippen molar-refractivity contribution in [2.75, 3.05) is 17.2 Å². The normalized spacial score (nSPS) is 10.8. The maximum atomic E-state index is 12.4. The second-order valence-electron chi connectivity index (χ2n) is 4.78. The Labute approximate surface area is 140 Å². The van der Waals surface area contributed by atoms with E-state index in [1.165, 1.54) is 30.3 Å². The summed E-state index contributed by atoms with van der Waals surface area (Å²) in [5.41, 5.74) is 0.330. The first-order chi connectivity index (χ1) is 11.3. The van der Waals surface area contributed by atoms with E-state index in [1.807, 2.05) is 6.07 Å². The standard InChI is InChI=1S/C16H11ClF3N3O/c17-14-7-13(4-1-10(14)8-21)23-15(24)9-22-12-5-2-11(3-6-12)16(18,19)20/h1-7,22H,9H2,(H,23,24). The molecule has 0 heterocycles. The minimum Gasteiger partial charge on any atom is -0.376 e. The molecule has 0 aliphatic carbocycles. The monoisotopic (exact) mass is 353 g/mol. The molecule has 2 N–H and O–H groups in total. The Kier molecular flexibility index (Phi) is 5.31. The molecule has 0 aliphatic heterocycles. The van der Waals surface area contributed by atoms with Crippen LogP contribution in [0.2, 0.25) is 5.02 Å². The van der Waals surface area contributed by atoms with E-state index in [0.717, 1.165) is 12.1 Å². The van der Waals surface area contributed by atoms with Gasteiger partial charge in [-0.15, -0.1) is 0 Å². The molecule has 0 saturated carbocycles. The number of nitriles is 1. The van der Waals surface area contributed by atoms with Gasteiger partial charge in [-0.2, -0.15) is 18.4 Å². The number of halogens is 4. The summed E-state index contributed by atoms with van der Waals surface area (Å²) in [5, 5.41) is 14.3. The molecule has 24 heavy (non-hydrogen) atoms. The summed E-state index contributed by atoms with van der Waals surface area (Å²) in [6.07, 6.45) is -4.40. The Hall–Kier alpha value is -2.72. The van der Waals surface area contributed by atoms with Crippen molar-refractivity contribution in [3.63, 3.8) is 0 Å². The third kappa shape index (κ3) is 4.64. The van der Waals surface area contributed by atoms with Crippen molar-refractivity contribution in [3.8, 4) is 6.07 Å². The lowest BCUT2D eigenvalue weighted by Gasteiger charge is -2.10. The van der Waals surface area contributed by atoms with Crippen molar-refractivity contribution in [1.82, 2.24) is 0 Å². The maximum Gasteiger partial charge on any atom is 0.416 e. The van der Waals surface area contributed by atoms with Crippen LogP contribution >= 0.6 is 11.6 Å². The molecule has 2 rings (SSSR count). The highest BCUT2D eigenvalue weighted by atomic mass is 35.5. The molecule has 124 valence electrons. The first-order valence-corrected chi connectivity index (χ1v) is 7.08. The third-order valence-corrected chi connectivity index (χ3v) is 3.35. The van der Waals surface area contributed by atoms with E-state index in [4.69, 9.17) is 16.9 Å². The minimum absolute atomic E-state index is 0.136. The number of rotatable bonds is 4. The first-order valence-electron chi connectivity index (χ1n) is 6.70. The number of nitrogens with zero attached hydrogens (tertiary/aromatic N) is 1. The van der Waals surface area contributed by atoms with E-state index in [0.29, 0.717) is 11.4 Å². The summed E-state index contributed by atoms with van der Waals surface area (Å²) >= 11 is 5.86. The molecule has 2 aromatic rings. The number of nitrogens with one attached hydrogen (secondary N) is 2. The molecule has 0 fully saturated rings. The Balaban J connectivity index is 1.91. The van der Waals surface area contributed by atoms with Gasteiger partial charge in [0, 0.05) is 11.4 Å². The molecule has 4 nitrogen and oxygen atoms in total. The fraction of sp³-hybridized carbons (Fsp3) is 0.125. The molecule has 0 saturated heterocycles. The van der Waals surface area contributed by atoms with Gasteiger partial charge in [0.05, 0.1) is 22.7 Å². The largest absolute Gasteiger partial charge is 0.416 e. The van der Waals surface area contributed by atoms with Crippen LogP contribution in [0.3, 0.4) is 0 Å². The lowest BCUT2D eigenvalue weighted by molar-refractivity contribution is -0.137. The Morgan fingerprint density at radius 3 is 2.29 bits per heavy atom. The summed E-state index contributed by atoms with van der Waals surface area (Å²) in [6.45, 7) is -0.136. The van der Waals surface area contributed by atoms with E-state index in [2.05, 4.69) is 10.6 Å². The van der Waals surface area contributed by atoms with Gasteiger partial charge in [-0.3, -0.25) is 4.79 Å². The average molecular weight is 354 g/mol. The second-order valence-corrected chi connectivity index (χ2v) is 5.19. The molecule has 2 aromatic carbocycles. The van der Waals surface area contributed by atoms with Crippen molar-refractivity contribution in [2.45, 2.75) is 6.18 Å². The first kappa shape index (κ1) is 17.6. The van der Waals surface area contributed by atoms with E-state index in [1.54, 1.807) is 0 Å². The Morgan fingerprint density at radius 2 is 1.75 bits per heavy atom. The van der Waals surface area contributed by atoms with Crippen LogP contribution in [0.4, 0.5) is 24.5 Å². The highest BCUT2D eigenvalue weighted by molar-refractivity contribution is 6.32. The van der Waals surface area contributed by atoms with E-state index in [9.17, 15) is 18.0 Å². The summed E-state index contributed by atoms with van der Waals surface area (Å²) < 4.78 is 37.3. The number of carbonyl (C=O) groups excluding carboxylic acids is 1. The van der Waals surface area contributed by atoms with Crippen LogP contribution in [0.1, 0.15) is 11.1 Å². The number of benzene rings is 2. The molecule has 0 radical (unpaired) electrons. The van der Waals surface area contributed by atoms with Crippen molar-refractivity contribution in [3.05, 3.63) is 58.6 Å². The number of hydrogen-bond donors (Lipinski definition) is 2.